The van der Waals surface area contributed by atoms with Crippen LogP contribution in [0.3, 0.4) is 0 Å². The van der Waals surface area contributed by atoms with Crippen LogP contribution in [-0.4, -0.2) is 26.0 Å². The van der Waals surface area contributed by atoms with Gasteiger partial charge in [-0.2, -0.15) is 14.9 Å². The minimum atomic E-state index is -0.459. The first-order chi connectivity index (χ1) is 12.6. The number of nitro benzene ring substituents is 1. The van der Waals surface area contributed by atoms with Gasteiger partial charge in [0.15, 0.2) is 5.82 Å². The van der Waals surface area contributed by atoms with Crippen LogP contribution in [0.5, 0.6) is 0 Å². The normalized spacial score (nSPS) is 11.4. The second-order valence-electron chi connectivity index (χ2n) is 5.08. The molecule has 0 aliphatic heterocycles. The van der Waals surface area contributed by atoms with Crippen molar-refractivity contribution in [1.29, 1.82) is 0 Å². The Morgan fingerprint density at radius 2 is 1.96 bits per heavy atom. The van der Waals surface area contributed by atoms with Crippen molar-refractivity contribution in [3.63, 3.8) is 0 Å². The largest absolute Gasteiger partial charge is 0.276 e. The number of rotatable bonds is 5. The quantitative estimate of drug-likeness (QED) is 0.316. The van der Waals surface area contributed by atoms with Gasteiger partial charge in [-0.1, -0.05) is 24.3 Å². The zero-order valence-electron chi connectivity index (χ0n) is 13.2. The lowest BCUT2D eigenvalue weighted by atomic mass is 10.2. The smallest absolute Gasteiger partial charge is 0.258 e. The predicted molar refractivity (Wildman–Crippen MR) is 98.8 cm³/mol. The number of para-hydroxylation sites is 1. The zero-order valence-corrected chi connectivity index (χ0v) is 14.1. The number of aromatic amines is 1. The molecule has 130 valence electrons. The lowest BCUT2D eigenvalue weighted by Gasteiger charge is -2.01. The molecule has 9 heteroatoms. The van der Waals surface area contributed by atoms with Gasteiger partial charge in [0, 0.05) is 12.3 Å². The third kappa shape index (κ3) is 3.62. The molecule has 0 aliphatic carbocycles. The highest BCUT2D eigenvalue weighted by Gasteiger charge is 2.12. The van der Waals surface area contributed by atoms with Gasteiger partial charge in [-0.3, -0.25) is 10.1 Å². The minimum absolute atomic E-state index is 0.0101. The monoisotopic (exact) mass is 369 g/mol. The van der Waals surface area contributed by atoms with E-state index in [0.29, 0.717) is 5.56 Å². The average molecular weight is 369 g/mol. The fourth-order valence-corrected chi connectivity index (χ4v) is 2.44. The molecule has 0 atom stereocenters. The van der Waals surface area contributed by atoms with E-state index >= 15 is 0 Å². The minimum Gasteiger partial charge on any atom is -0.258 e. The molecule has 1 heterocycles. The van der Waals surface area contributed by atoms with Gasteiger partial charge in [0.25, 0.3) is 5.69 Å². The van der Waals surface area contributed by atoms with Crippen LogP contribution in [-0.2, 0) is 0 Å². The van der Waals surface area contributed by atoms with Crippen molar-refractivity contribution in [3.05, 3.63) is 80.9 Å². The Hall–Kier alpha value is -3.46. The Morgan fingerprint density at radius 3 is 2.73 bits per heavy atom. The first-order valence-electron chi connectivity index (χ1n) is 7.44. The molecule has 0 radical (unpaired) electrons. The molecule has 0 saturated heterocycles. The Labute approximate surface area is 152 Å². The van der Waals surface area contributed by atoms with Crippen molar-refractivity contribution in [3.8, 4) is 11.4 Å². The molecule has 0 aliphatic rings. The van der Waals surface area contributed by atoms with E-state index in [1.165, 1.54) is 29.1 Å². The first kappa shape index (κ1) is 17.4. The van der Waals surface area contributed by atoms with Gasteiger partial charge in [-0.25, -0.2) is 9.49 Å². The second kappa shape index (κ2) is 7.62. The van der Waals surface area contributed by atoms with Crippen molar-refractivity contribution in [2.45, 2.75) is 0 Å². The Kier molecular flexibility index (Phi) is 5.09. The van der Waals surface area contributed by atoms with Crippen LogP contribution in [0.2, 0.25) is 0 Å². The van der Waals surface area contributed by atoms with E-state index in [0.717, 1.165) is 0 Å². The van der Waals surface area contributed by atoms with Crippen LogP contribution in [0.1, 0.15) is 5.56 Å². The third-order valence-electron chi connectivity index (χ3n) is 3.44. The highest BCUT2D eigenvalue weighted by Crippen LogP contribution is 2.21. The van der Waals surface area contributed by atoms with Crippen molar-refractivity contribution < 1.29 is 9.31 Å². The van der Waals surface area contributed by atoms with E-state index in [9.17, 15) is 14.5 Å². The maximum Gasteiger partial charge on any atom is 0.276 e. The van der Waals surface area contributed by atoms with Gasteiger partial charge in [-0.05, 0) is 42.6 Å². The van der Waals surface area contributed by atoms with Crippen LogP contribution in [0.25, 0.3) is 17.5 Å². The number of hydrogen-bond donors (Lipinski definition) is 1. The van der Waals surface area contributed by atoms with E-state index in [1.807, 2.05) is 0 Å². The standard InChI is InChI=1S/C17H12FN5O2S/c18-14-9-3-2-8-13(14)16-20-21-17(26)22(16)19-11-5-7-12-6-1-4-10-15(12)23(24)25/h1-11H,(H,21,26)/b7-5+,19-11?. The van der Waals surface area contributed by atoms with Crippen molar-refractivity contribution in [2.24, 2.45) is 5.10 Å². The van der Waals surface area contributed by atoms with Crippen molar-refractivity contribution in [1.82, 2.24) is 14.9 Å². The number of nitro groups is 1. The summed E-state index contributed by atoms with van der Waals surface area (Å²) in [6.45, 7) is 0. The van der Waals surface area contributed by atoms with Gasteiger partial charge in [-0.15, -0.1) is 0 Å². The van der Waals surface area contributed by atoms with Crippen molar-refractivity contribution in [2.75, 3.05) is 0 Å². The van der Waals surface area contributed by atoms with Gasteiger partial charge < -0.3 is 0 Å². The molecule has 0 saturated carbocycles. The molecule has 3 aromatic rings. The highest BCUT2D eigenvalue weighted by atomic mass is 32.1. The number of allylic oxidation sites excluding steroid dienone is 1. The number of benzene rings is 2. The van der Waals surface area contributed by atoms with Crippen LogP contribution >= 0.6 is 12.2 Å². The van der Waals surface area contributed by atoms with Gasteiger partial charge >= 0.3 is 0 Å². The average Bonchev–Trinajstić information content (AvgIpc) is 3.00. The van der Waals surface area contributed by atoms with Crippen LogP contribution in [0.15, 0.2) is 59.7 Å². The Bertz CT molecular complexity index is 1070. The topological polar surface area (TPSA) is 89.1 Å². The van der Waals surface area contributed by atoms with Crippen LogP contribution in [0.4, 0.5) is 10.1 Å². The molecule has 3 rings (SSSR count). The maximum absolute atomic E-state index is 14.0. The van der Waals surface area contributed by atoms with Gasteiger partial charge in [0.2, 0.25) is 4.77 Å². The molecule has 0 spiro atoms. The van der Waals surface area contributed by atoms with Crippen molar-refractivity contribution >= 4 is 30.2 Å². The molecule has 7 nitrogen and oxygen atoms in total. The van der Waals surface area contributed by atoms with Crippen LogP contribution < -0.4 is 0 Å². The van der Waals surface area contributed by atoms with E-state index in [4.69, 9.17) is 12.2 Å². The summed E-state index contributed by atoms with van der Waals surface area (Å²) in [4.78, 5) is 10.5. The molecule has 26 heavy (non-hydrogen) atoms. The number of halogens is 1. The molecule has 0 amide bonds. The molecule has 0 bridgehead atoms. The summed E-state index contributed by atoms with van der Waals surface area (Å²) in [6.07, 6.45) is 4.47. The molecule has 1 aromatic heterocycles. The Balaban J connectivity index is 1.89. The summed E-state index contributed by atoms with van der Waals surface area (Å²) < 4.78 is 15.4. The molecule has 2 aromatic carbocycles. The van der Waals surface area contributed by atoms with E-state index < -0.39 is 10.7 Å². The first-order valence-corrected chi connectivity index (χ1v) is 7.85. The summed E-state index contributed by atoms with van der Waals surface area (Å²) in [5.41, 5.74) is 0.679. The van der Waals surface area contributed by atoms with Crippen LogP contribution in [0, 0.1) is 20.7 Å². The number of nitrogens with one attached hydrogen (secondary N) is 1. The summed E-state index contributed by atoms with van der Waals surface area (Å²) in [5.74, 6) is -0.225. The van der Waals surface area contributed by atoms with Gasteiger partial charge in [0.05, 0.1) is 16.1 Å². The summed E-state index contributed by atoms with van der Waals surface area (Å²) in [5, 5.41) is 21.7. The fourth-order valence-electron chi connectivity index (χ4n) is 2.26. The van der Waals surface area contributed by atoms with E-state index in [1.54, 1.807) is 42.5 Å². The molecule has 1 N–H and O–H groups in total. The number of nitrogens with zero attached hydrogens (tertiary/aromatic N) is 4. The Morgan fingerprint density at radius 1 is 1.23 bits per heavy atom. The fraction of sp³-hybridized carbons (Fsp3) is 0. The highest BCUT2D eigenvalue weighted by molar-refractivity contribution is 7.71. The number of hydrogen-bond acceptors (Lipinski definition) is 5. The number of aromatic nitrogens is 3. The number of H-pyrrole nitrogens is 1. The lowest BCUT2D eigenvalue weighted by molar-refractivity contribution is -0.385. The SMILES string of the molecule is O=[N+]([O-])c1ccccc1/C=C/C=Nn1c(-c2ccccc2F)n[nH]c1=S. The third-order valence-corrected chi connectivity index (χ3v) is 3.71. The lowest BCUT2D eigenvalue weighted by Crippen LogP contribution is -1.95. The molecule has 0 unspecified atom stereocenters. The second-order valence-corrected chi connectivity index (χ2v) is 5.47. The van der Waals surface area contributed by atoms with Gasteiger partial charge in [0.1, 0.15) is 5.82 Å². The summed E-state index contributed by atoms with van der Waals surface area (Å²) in [7, 11) is 0. The summed E-state index contributed by atoms with van der Waals surface area (Å²) in [6, 6.07) is 12.5. The maximum atomic E-state index is 14.0. The predicted octanol–water partition coefficient (Wildman–Crippen LogP) is 4.20. The molecular formula is C17H12FN5O2S. The summed E-state index contributed by atoms with van der Waals surface area (Å²) >= 11 is 5.11. The molecule has 0 fully saturated rings. The van der Waals surface area contributed by atoms with E-state index in [-0.39, 0.29) is 21.8 Å². The molecular weight excluding hydrogens is 357 g/mol. The zero-order chi connectivity index (χ0) is 18.5. The van der Waals surface area contributed by atoms with E-state index in [2.05, 4.69) is 15.3 Å².